The van der Waals surface area contributed by atoms with Crippen molar-refractivity contribution in [2.75, 3.05) is 30.9 Å². The van der Waals surface area contributed by atoms with E-state index >= 15 is 0 Å². The molecule has 2 unspecified atom stereocenters. The highest BCUT2D eigenvalue weighted by Crippen LogP contribution is 2.52. The van der Waals surface area contributed by atoms with Gasteiger partial charge in [0.15, 0.2) is 15.7 Å². The van der Waals surface area contributed by atoms with Crippen molar-refractivity contribution >= 4 is 15.9 Å². The average Bonchev–Trinajstić information content (AvgIpc) is 3.16. The van der Waals surface area contributed by atoms with Crippen molar-refractivity contribution in [3.8, 4) is 16.9 Å². The molecule has 1 saturated heterocycles. The highest BCUT2D eigenvalue weighted by Gasteiger charge is 2.56. The molecule has 5 rings (SSSR count). The maximum atomic E-state index is 11.6. The molecule has 3 aromatic rings. The van der Waals surface area contributed by atoms with Crippen LogP contribution in [-0.2, 0) is 9.84 Å². The summed E-state index contributed by atoms with van der Waals surface area (Å²) in [5, 5.41) is 4.06. The summed E-state index contributed by atoms with van der Waals surface area (Å²) in [4.78, 5) is 7.02. The first-order valence-corrected chi connectivity index (χ1v) is 12.8. The van der Waals surface area contributed by atoms with Crippen LogP contribution in [0.2, 0.25) is 0 Å². The molecule has 0 bridgehead atoms. The number of sulfone groups is 1. The molecule has 0 spiro atoms. The molecule has 3 atom stereocenters. The Kier molecular flexibility index (Phi) is 5.20. The number of anilines is 1. The normalized spacial score (nSPS) is 22.2. The van der Waals surface area contributed by atoms with E-state index < -0.39 is 9.84 Å². The highest BCUT2D eigenvalue weighted by atomic mass is 32.2. The molecule has 0 amide bonds. The summed E-state index contributed by atoms with van der Waals surface area (Å²) in [5.41, 5.74) is 2.00. The van der Waals surface area contributed by atoms with Crippen molar-refractivity contribution < 1.29 is 17.7 Å². The minimum absolute atomic E-state index is 0.268. The molecular formula is C24H27N3O4S. The Labute approximate surface area is 188 Å². The van der Waals surface area contributed by atoms with Gasteiger partial charge in [-0.1, -0.05) is 43.3 Å². The number of rotatable bonds is 7. The van der Waals surface area contributed by atoms with E-state index in [1.807, 2.05) is 36.4 Å². The number of hydrogen-bond donors (Lipinski definition) is 0. The van der Waals surface area contributed by atoms with Crippen LogP contribution in [0.4, 0.5) is 6.01 Å². The van der Waals surface area contributed by atoms with Gasteiger partial charge in [-0.15, -0.1) is 0 Å². The van der Waals surface area contributed by atoms with Crippen LogP contribution in [0.25, 0.3) is 11.1 Å². The van der Waals surface area contributed by atoms with E-state index in [0.29, 0.717) is 35.3 Å². The van der Waals surface area contributed by atoms with Gasteiger partial charge in [-0.25, -0.2) is 8.42 Å². The summed E-state index contributed by atoms with van der Waals surface area (Å²) < 4.78 is 34.7. The van der Waals surface area contributed by atoms with Crippen molar-refractivity contribution in [1.82, 2.24) is 10.1 Å². The number of hydrogen-bond acceptors (Lipinski definition) is 7. The van der Waals surface area contributed by atoms with Crippen molar-refractivity contribution in [2.24, 2.45) is 17.8 Å². The molecule has 168 valence electrons. The molecular weight excluding hydrogens is 426 g/mol. The lowest BCUT2D eigenvalue weighted by Gasteiger charge is -2.17. The van der Waals surface area contributed by atoms with Gasteiger partial charge in [0.05, 0.1) is 11.5 Å². The van der Waals surface area contributed by atoms with E-state index in [2.05, 4.69) is 28.9 Å². The van der Waals surface area contributed by atoms with Gasteiger partial charge < -0.3 is 14.2 Å². The largest absolute Gasteiger partial charge is 0.493 e. The van der Waals surface area contributed by atoms with Crippen LogP contribution in [-0.4, -0.2) is 44.5 Å². The Morgan fingerprint density at radius 3 is 2.16 bits per heavy atom. The van der Waals surface area contributed by atoms with Crippen molar-refractivity contribution in [2.45, 2.75) is 24.7 Å². The van der Waals surface area contributed by atoms with E-state index in [-0.39, 0.29) is 5.92 Å². The van der Waals surface area contributed by atoms with E-state index in [1.165, 1.54) is 6.26 Å². The van der Waals surface area contributed by atoms with Gasteiger partial charge in [-0.3, -0.25) is 0 Å². The number of aromatic nitrogens is 2. The maximum absolute atomic E-state index is 11.6. The van der Waals surface area contributed by atoms with Crippen molar-refractivity contribution in [1.29, 1.82) is 0 Å². The lowest BCUT2D eigenvalue weighted by molar-refractivity contribution is 0.282. The van der Waals surface area contributed by atoms with Crippen LogP contribution in [0.15, 0.2) is 57.9 Å². The lowest BCUT2D eigenvalue weighted by atomic mass is 10.1. The van der Waals surface area contributed by atoms with Crippen LogP contribution in [0, 0.1) is 17.8 Å². The molecule has 8 heteroatoms. The van der Waals surface area contributed by atoms with Crippen LogP contribution < -0.4 is 9.64 Å². The third-order valence-corrected chi connectivity index (χ3v) is 7.63. The van der Waals surface area contributed by atoms with E-state index in [1.54, 1.807) is 12.1 Å². The zero-order valence-electron chi connectivity index (χ0n) is 18.4. The molecule has 2 aliphatic rings. The SMILES string of the molecule is CC(C)c1noc(N2CC3C(COc4ccc(-c5ccc(S(C)(=O)=O)cc5)cc4)[C@H]3C2)n1. The molecule has 7 nitrogen and oxygen atoms in total. The third-order valence-electron chi connectivity index (χ3n) is 6.50. The Balaban J connectivity index is 1.13. The summed E-state index contributed by atoms with van der Waals surface area (Å²) >= 11 is 0. The molecule has 2 heterocycles. The fraction of sp³-hybridized carbons (Fsp3) is 0.417. The molecule has 2 fully saturated rings. The van der Waals surface area contributed by atoms with Gasteiger partial charge in [-0.05, 0) is 47.2 Å². The molecule has 0 N–H and O–H groups in total. The van der Waals surface area contributed by atoms with E-state index in [9.17, 15) is 8.42 Å². The second kappa shape index (κ2) is 7.92. The average molecular weight is 454 g/mol. The highest BCUT2D eigenvalue weighted by molar-refractivity contribution is 7.90. The van der Waals surface area contributed by atoms with Gasteiger partial charge in [0.25, 0.3) is 0 Å². The van der Waals surface area contributed by atoms with Crippen molar-refractivity contribution in [3.05, 3.63) is 54.4 Å². The molecule has 1 aliphatic heterocycles. The minimum Gasteiger partial charge on any atom is -0.493 e. The number of fused-ring (bicyclic) bond motifs is 1. The molecule has 0 radical (unpaired) electrons. The minimum atomic E-state index is -3.18. The van der Waals surface area contributed by atoms with E-state index in [0.717, 1.165) is 35.8 Å². The van der Waals surface area contributed by atoms with Gasteiger partial charge in [0, 0.05) is 31.2 Å². The van der Waals surface area contributed by atoms with Gasteiger partial charge in [0.2, 0.25) is 0 Å². The monoisotopic (exact) mass is 453 g/mol. The number of benzene rings is 2. The molecule has 2 aromatic carbocycles. The first-order chi connectivity index (χ1) is 15.3. The fourth-order valence-corrected chi connectivity index (χ4v) is 5.10. The second-order valence-corrected chi connectivity index (χ2v) is 11.1. The zero-order chi connectivity index (χ0) is 22.5. The summed E-state index contributed by atoms with van der Waals surface area (Å²) in [6.07, 6.45) is 1.22. The summed E-state index contributed by atoms with van der Waals surface area (Å²) in [6.45, 7) is 6.73. The van der Waals surface area contributed by atoms with E-state index in [4.69, 9.17) is 9.26 Å². The third kappa shape index (κ3) is 4.11. The number of ether oxygens (including phenoxy) is 1. The number of nitrogens with zero attached hydrogens (tertiary/aromatic N) is 3. The molecule has 32 heavy (non-hydrogen) atoms. The quantitative estimate of drug-likeness (QED) is 0.534. The molecule has 1 aromatic heterocycles. The Bertz CT molecular complexity index is 1190. The van der Waals surface area contributed by atoms with Crippen LogP contribution in [0.1, 0.15) is 25.6 Å². The number of piperidine rings is 1. The van der Waals surface area contributed by atoms with Gasteiger partial charge in [0.1, 0.15) is 5.75 Å². The second-order valence-electron chi connectivity index (χ2n) is 9.12. The predicted molar refractivity (Wildman–Crippen MR) is 122 cm³/mol. The zero-order valence-corrected chi connectivity index (χ0v) is 19.2. The first kappa shape index (κ1) is 21.0. The van der Waals surface area contributed by atoms with Gasteiger partial charge in [-0.2, -0.15) is 4.98 Å². The predicted octanol–water partition coefficient (Wildman–Crippen LogP) is 4.02. The smallest absolute Gasteiger partial charge is 0.324 e. The standard InChI is InChI=1S/C24H27N3O4S/c1-15(2)23-25-24(31-26-23)27-12-20-21(13-27)22(20)14-30-18-8-4-16(5-9-18)17-6-10-19(11-7-17)32(3,28)29/h4-11,15,20-22H,12-14H2,1-3H3/t20-,21?,22?/m0/s1. The van der Waals surface area contributed by atoms with Crippen LogP contribution >= 0.6 is 0 Å². The summed E-state index contributed by atoms with van der Waals surface area (Å²) in [7, 11) is -3.18. The topological polar surface area (TPSA) is 85.5 Å². The Hall–Kier alpha value is -2.87. The molecule has 1 saturated carbocycles. The van der Waals surface area contributed by atoms with Crippen LogP contribution in [0.5, 0.6) is 5.75 Å². The summed E-state index contributed by atoms with van der Waals surface area (Å²) in [5.74, 6) is 3.69. The van der Waals surface area contributed by atoms with Gasteiger partial charge >= 0.3 is 6.01 Å². The lowest BCUT2D eigenvalue weighted by Crippen LogP contribution is -2.25. The Morgan fingerprint density at radius 1 is 1.03 bits per heavy atom. The molecule has 1 aliphatic carbocycles. The van der Waals surface area contributed by atoms with Crippen molar-refractivity contribution in [3.63, 3.8) is 0 Å². The summed E-state index contributed by atoms with van der Waals surface area (Å²) in [6, 6.07) is 15.5. The maximum Gasteiger partial charge on any atom is 0.324 e. The Morgan fingerprint density at radius 2 is 1.62 bits per heavy atom. The fourth-order valence-electron chi connectivity index (χ4n) is 4.47. The van der Waals surface area contributed by atoms with Crippen LogP contribution in [0.3, 0.4) is 0 Å². The first-order valence-electron chi connectivity index (χ1n) is 10.9.